The number of nitrogens with one attached hydrogen (secondary N) is 2. The monoisotopic (exact) mass is 316 g/mol. The highest BCUT2D eigenvalue weighted by Gasteiger charge is 2.19. The lowest BCUT2D eigenvalue weighted by Gasteiger charge is -2.24. The Balaban J connectivity index is 1.93. The number of anilines is 1. The summed E-state index contributed by atoms with van der Waals surface area (Å²) < 4.78 is 0. The van der Waals surface area contributed by atoms with Gasteiger partial charge in [0.05, 0.1) is 11.7 Å². The molecule has 1 fully saturated rings. The van der Waals surface area contributed by atoms with E-state index in [9.17, 15) is 9.59 Å². The summed E-state index contributed by atoms with van der Waals surface area (Å²) in [6, 6.07) is 7.30. The molecule has 1 aliphatic carbocycles. The van der Waals surface area contributed by atoms with Gasteiger partial charge in [0, 0.05) is 11.6 Å². The SMILES string of the molecule is CC(=O)c1ccccc1NC(=O)[C@@H](C)NC1CCCCCCC1. The molecule has 4 heteroatoms. The number of para-hydroxylation sites is 1. The van der Waals surface area contributed by atoms with Crippen LogP contribution in [0.5, 0.6) is 0 Å². The summed E-state index contributed by atoms with van der Waals surface area (Å²) in [6.07, 6.45) is 8.68. The van der Waals surface area contributed by atoms with Gasteiger partial charge >= 0.3 is 0 Å². The number of carbonyl (C=O) groups is 2. The van der Waals surface area contributed by atoms with E-state index in [4.69, 9.17) is 0 Å². The first-order valence-electron chi connectivity index (χ1n) is 8.75. The van der Waals surface area contributed by atoms with Crippen molar-refractivity contribution in [2.75, 3.05) is 5.32 Å². The highest BCUT2D eigenvalue weighted by Crippen LogP contribution is 2.18. The molecule has 1 aliphatic rings. The van der Waals surface area contributed by atoms with Gasteiger partial charge in [0.15, 0.2) is 5.78 Å². The molecule has 23 heavy (non-hydrogen) atoms. The van der Waals surface area contributed by atoms with Gasteiger partial charge in [-0.1, -0.05) is 44.2 Å². The largest absolute Gasteiger partial charge is 0.324 e. The van der Waals surface area contributed by atoms with Crippen LogP contribution in [0.15, 0.2) is 24.3 Å². The van der Waals surface area contributed by atoms with E-state index >= 15 is 0 Å². The minimum Gasteiger partial charge on any atom is -0.324 e. The molecular weight excluding hydrogens is 288 g/mol. The highest BCUT2D eigenvalue weighted by atomic mass is 16.2. The Kier molecular flexibility index (Phi) is 6.78. The fourth-order valence-electron chi connectivity index (χ4n) is 3.19. The van der Waals surface area contributed by atoms with Crippen LogP contribution < -0.4 is 10.6 Å². The van der Waals surface area contributed by atoms with Crippen LogP contribution in [0.3, 0.4) is 0 Å². The maximum atomic E-state index is 12.4. The molecule has 0 radical (unpaired) electrons. The van der Waals surface area contributed by atoms with Crippen LogP contribution in [0.25, 0.3) is 0 Å². The van der Waals surface area contributed by atoms with Crippen LogP contribution in [0, 0.1) is 0 Å². The number of amides is 1. The Morgan fingerprint density at radius 1 is 1.04 bits per heavy atom. The molecule has 2 rings (SSSR count). The minimum atomic E-state index is -0.264. The number of Topliss-reactive ketones (excluding diaryl/α,β-unsaturated/α-hetero) is 1. The number of hydrogen-bond donors (Lipinski definition) is 2. The van der Waals surface area contributed by atoms with Crippen LogP contribution in [0.2, 0.25) is 0 Å². The Bertz CT molecular complexity index is 534. The van der Waals surface area contributed by atoms with Gasteiger partial charge in [-0.2, -0.15) is 0 Å². The Labute approximate surface area is 139 Å². The Morgan fingerprint density at radius 3 is 2.30 bits per heavy atom. The summed E-state index contributed by atoms with van der Waals surface area (Å²) in [5, 5.41) is 6.35. The third-order valence-corrected chi connectivity index (χ3v) is 4.55. The average molecular weight is 316 g/mol. The van der Waals surface area contributed by atoms with Gasteiger partial charge in [0.1, 0.15) is 0 Å². The van der Waals surface area contributed by atoms with Crippen molar-refractivity contribution in [1.82, 2.24) is 5.32 Å². The Morgan fingerprint density at radius 2 is 1.65 bits per heavy atom. The summed E-state index contributed by atoms with van der Waals surface area (Å²) in [4.78, 5) is 24.1. The average Bonchev–Trinajstić information content (AvgIpc) is 2.50. The molecule has 1 aromatic carbocycles. The van der Waals surface area contributed by atoms with Gasteiger partial charge < -0.3 is 10.6 Å². The Hall–Kier alpha value is -1.68. The molecule has 4 nitrogen and oxygen atoms in total. The third kappa shape index (κ3) is 5.47. The van der Waals surface area contributed by atoms with E-state index in [2.05, 4.69) is 10.6 Å². The van der Waals surface area contributed by atoms with Crippen molar-refractivity contribution in [1.29, 1.82) is 0 Å². The molecule has 0 spiro atoms. The number of hydrogen-bond acceptors (Lipinski definition) is 3. The minimum absolute atomic E-state index is 0.0402. The topological polar surface area (TPSA) is 58.2 Å². The second kappa shape index (κ2) is 8.82. The van der Waals surface area contributed by atoms with Gasteiger partial charge in [0.2, 0.25) is 5.91 Å². The van der Waals surface area contributed by atoms with E-state index in [1.54, 1.807) is 12.1 Å². The maximum absolute atomic E-state index is 12.4. The summed E-state index contributed by atoms with van der Waals surface area (Å²) in [5.74, 6) is -0.123. The van der Waals surface area contributed by atoms with E-state index < -0.39 is 0 Å². The molecule has 0 unspecified atom stereocenters. The van der Waals surface area contributed by atoms with Gasteiger partial charge in [-0.05, 0) is 38.8 Å². The zero-order valence-corrected chi connectivity index (χ0v) is 14.2. The first-order chi connectivity index (χ1) is 11.1. The van der Waals surface area contributed by atoms with Gasteiger partial charge in [-0.25, -0.2) is 0 Å². The van der Waals surface area contributed by atoms with E-state index in [0.29, 0.717) is 17.3 Å². The lowest BCUT2D eigenvalue weighted by Crippen LogP contribution is -2.44. The van der Waals surface area contributed by atoms with Crippen molar-refractivity contribution in [2.45, 2.75) is 70.9 Å². The first kappa shape index (κ1) is 17.7. The van der Waals surface area contributed by atoms with E-state index in [1.807, 2.05) is 19.1 Å². The molecule has 0 aliphatic heterocycles. The van der Waals surface area contributed by atoms with Gasteiger partial charge in [-0.3, -0.25) is 9.59 Å². The predicted molar refractivity (Wildman–Crippen MR) is 93.8 cm³/mol. The second-order valence-electron chi connectivity index (χ2n) is 6.52. The van der Waals surface area contributed by atoms with Gasteiger partial charge in [-0.15, -0.1) is 0 Å². The van der Waals surface area contributed by atoms with Crippen molar-refractivity contribution in [3.63, 3.8) is 0 Å². The molecule has 126 valence electrons. The molecule has 1 aromatic rings. The van der Waals surface area contributed by atoms with E-state index in [-0.39, 0.29) is 17.7 Å². The third-order valence-electron chi connectivity index (χ3n) is 4.55. The number of rotatable bonds is 5. The van der Waals surface area contributed by atoms with Crippen molar-refractivity contribution in [3.8, 4) is 0 Å². The summed E-state index contributed by atoms with van der Waals surface area (Å²) in [7, 11) is 0. The quantitative estimate of drug-likeness (QED) is 0.810. The first-order valence-corrected chi connectivity index (χ1v) is 8.75. The zero-order valence-electron chi connectivity index (χ0n) is 14.2. The highest BCUT2D eigenvalue weighted by molar-refractivity contribution is 6.04. The number of carbonyl (C=O) groups excluding carboxylic acids is 2. The fraction of sp³-hybridized carbons (Fsp3) is 0.579. The molecule has 1 saturated carbocycles. The van der Waals surface area contributed by atoms with Crippen LogP contribution in [-0.2, 0) is 4.79 Å². The predicted octanol–water partition coefficient (Wildman–Crippen LogP) is 3.92. The van der Waals surface area contributed by atoms with Crippen molar-refractivity contribution < 1.29 is 9.59 Å². The molecule has 0 heterocycles. The maximum Gasteiger partial charge on any atom is 0.241 e. The van der Waals surface area contributed by atoms with E-state index in [1.165, 1.54) is 39.0 Å². The molecule has 1 atom stereocenters. The fourth-order valence-corrected chi connectivity index (χ4v) is 3.19. The number of benzene rings is 1. The molecule has 1 amide bonds. The molecular formula is C19H28N2O2. The normalized spacial score (nSPS) is 17.8. The summed E-state index contributed by atoms with van der Waals surface area (Å²) >= 11 is 0. The van der Waals surface area contributed by atoms with Crippen molar-refractivity contribution >= 4 is 17.4 Å². The van der Waals surface area contributed by atoms with Crippen LogP contribution >= 0.6 is 0 Å². The number of ketones is 1. The van der Waals surface area contributed by atoms with Crippen LogP contribution in [-0.4, -0.2) is 23.8 Å². The molecule has 0 bridgehead atoms. The summed E-state index contributed by atoms with van der Waals surface area (Å²) in [6.45, 7) is 3.41. The second-order valence-corrected chi connectivity index (χ2v) is 6.52. The van der Waals surface area contributed by atoms with Crippen LogP contribution in [0.1, 0.15) is 69.2 Å². The van der Waals surface area contributed by atoms with Crippen LogP contribution in [0.4, 0.5) is 5.69 Å². The molecule has 0 aromatic heterocycles. The molecule has 2 N–H and O–H groups in total. The lowest BCUT2D eigenvalue weighted by atomic mass is 9.96. The zero-order chi connectivity index (χ0) is 16.7. The van der Waals surface area contributed by atoms with E-state index in [0.717, 1.165) is 12.8 Å². The smallest absolute Gasteiger partial charge is 0.241 e. The lowest BCUT2D eigenvalue weighted by molar-refractivity contribution is -0.118. The standard InChI is InChI=1S/C19H28N2O2/c1-14(20-16-10-6-4-3-5-7-11-16)19(23)21-18-13-9-8-12-17(18)15(2)22/h8-9,12-14,16,20H,3-7,10-11H2,1-2H3,(H,21,23)/t14-/m1/s1. The molecule has 0 saturated heterocycles. The van der Waals surface area contributed by atoms with Crippen molar-refractivity contribution in [3.05, 3.63) is 29.8 Å². The summed E-state index contributed by atoms with van der Waals surface area (Å²) in [5.41, 5.74) is 1.15. The van der Waals surface area contributed by atoms with Crippen molar-refractivity contribution in [2.24, 2.45) is 0 Å². The van der Waals surface area contributed by atoms with Gasteiger partial charge in [0.25, 0.3) is 0 Å².